The molecule has 0 radical (unpaired) electrons. The Bertz CT molecular complexity index is 959. The van der Waals surface area contributed by atoms with Crippen molar-refractivity contribution in [3.8, 4) is 0 Å². The van der Waals surface area contributed by atoms with Crippen molar-refractivity contribution in [3.05, 3.63) is 59.4 Å². The summed E-state index contributed by atoms with van der Waals surface area (Å²) in [5.41, 5.74) is 2.28. The molecule has 29 heavy (non-hydrogen) atoms. The molecule has 2 aromatic rings. The number of aromatic nitrogens is 1. The van der Waals surface area contributed by atoms with Gasteiger partial charge in [0.2, 0.25) is 0 Å². The lowest BCUT2D eigenvalue weighted by Crippen LogP contribution is -2.42. The van der Waals surface area contributed by atoms with E-state index >= 15 is 0 Å². The predicted molar refractivity (Wildman–Crippen MR) is 111 cm³/mol. The summed E-state index contributed by atoms with van der Waals surface area (Å²) in [6.07, 6.45) is 4.65. The lowest BCUT2D eigenvalue weighted by molar-refractivity contribution is -0.139. The van der Waals surface area contributed by atoms with Crippen LogP contribution in [0.3, 0.4) is 0 Å². The van der Waals surface area contributed by atoms with Crippen LogP contribution in [-0.4, -0.2) is 38.3 Å². The summed E-state index contributed by atoms with van der Waals surface area (Å²) in [6.45, 7) is 5.89. The topological polar surface area (TPSA) is 105 Å². The molecular formula is C21H27N3O4S. The van der Waals surface area contributed by atoms with E-state index in [1.807, 2.05) is 20.8 Å². The van der Waals surface area contributed by atoms with E-state index in [-0.39, 0.29) is 11.4 Å². The van der Waals surface area contributed by atoms with Crippen molar-refractivity contribution in [1.29, 1.82) is 0 Å². The van der Waals surface area contributed by atoms with E-state index in [1.54, 1.807) is 36.5 Å². The van der Waals surface area contributed by atoms with E-state index in [4.69, 9.17) is 0 Å². The van der Waals surface area contributed by atoms with Crippen LogP contribution in [0.15, 0.2) is 47.6 Å². The van der Waals surface area contributed by atoms with Gasteiger partial charge in [-0.25, -0.2) is 8.42 Å². The standard InChI is InChI=1S/C21H27N3O4S/c1-4-5-11-23-20(25)21(26)24-14-19(17-7-6-10-22-13-17)29(27,28)18-9-8-15(2)16(3)12-18/h6-10,12-13,19H,4-5,11,14H2,1-3H3,(H,23,25)(H,24,26)/t19-/m1/s1. The molecule has 1 aromatic heterocycles. The fraction of sp³-hybridized carbons (Fsp3) is 0.381. The molecule has 0 aliphatic rings. The molecule has 0 saturated heterocycles. The van der Waals surface area contributed by atoms with Gasteiger partial charge in [0.25, 0.3) is 0 Å². The van der Waals surface area contributed by atoms with Gasteiger partial charge in [0, 0.05) is 25.5 Å². The van der Waals surface area contributed by atoms with Gasteiger partial charge in [-0.15, -0.1) is 0 Å². The maximum Gasteiger partial charge on any atom is 0.309 e. The molecule has 0 aliphatic heterocycles. The summed E-state index contributed by atoms with van der Waals surface area (Å²) in [5.74, 6) is -1.63. The zero-order chi connectivity index (χ0) is 21.4. The van der Waals surface area contributed by atoms with Gasteiger partial charge in [0.1, 0.15) is 5.25 Å². The number of aryl methyl sites for hydroxylation is 2. The number of nitrogens with zero attached hydrogens (tertiary/aromatic N) is 1. The van der Waals surface area contributed by atoms with Gasteiger partial charge in [0.05, 0.1) is 4.90 Å². The van der Waals surface area contributed by atoms with Crippen molar-refractivity contribution in [3.63, 3.8) is 0 Å². The molecule has 7 nitrogen and oxygen atoms in total. The van der Waals surface area contributed by atoms with Gasteiger partial charge >= 0.3 is 11.8 Å². The van der Waals surface area contributed by atoms with E-state index in [2.05, 4.69) is 15.6 Å². The van der Waals surface area contributed by atoms with Crippen LogP contribution >= 0.6 is 0 Å². The van der Waals surface area contributed by atoms with E-state index in [0.29, 0.717) is 12.1 Å². The van der Waals surface area contributed by atoms with E-state index in [1.165, 1.54) is 6.20 Å². The SMILES string of the molecule is CCCCNC(=O)C(=O)NC[C@H](c1cccnc1)S(=O)(=O)c1ccc(C)c(C)c1. The zero-order valence-electron chi connectivity index (χ0n) is 16.9. The van der Waals surface area contributed by atoms with Crippen molar-refractivity contribution < 1.29 is 18.0 Å². The average molecular weight is 418 g/mol. The first-order chi connectivity index (χ1) is 13.8. The first kappa shape index (κ1) is 22.5. The molecule has 0 spiro atoms. The highest BCUT2D eigenvalue weighted by Crippen LogP contribution is 2.29. The van der Waals surface area contributed by atoms with Crippen molar-refractivity contribution in [2.45, 2.75) is 43.8 Å². The highest BCUT2D eigenvalue weighted by molar-refractivity contribution is 7.91. The first-order valence-corrected chi connectivity index (χ1v) is 11.1. The molecule has 2 amide bonds. The van der Waals surface area contributed by atoms with E-state index in [0.717, 1.165) is 24.0 Å². The molecule has 8 heteroatoms. The Labute approximate surface area is 171 Å². The Morgan fingerprint density at radius 3 is 2.41 bits per heavy atom. The second-order valence-electron chi connectivity index (χ2n) is 6.89. The van der Waals surface area contributed by atoms with Crippen LogP contribution in [0.5, 0.6) is 0 Å². The second-order valence-corrected chi connectivity index (χ2v) is 9.02. The third-order valence-electron chi connectivity index (χ3n) is 4.71. The van der Waals surface area contributed by atoms with Crippen LogP contribution in [0.25, 0.3) is 0 Å². The van der Waals surface area contributed by atoms with Crippen LogP contribution < -0.4 is 10.6 Å². The molecule has 1 atom stereocenters. The minimum Gasteiger partial charge on any atom is -0.348 e. The second kappa shape index (κ2) is 10.2. The minimum absolute atomic E-state index is 0.163. The molecular weight excluding hydrogens is 390 g/mol. The van der Waals surface area contributed by atoms with Crippen molar-refractivity contribution in [2.24, 2.45) is 0 Å². The lowest BCUT2D eigenvalue weighted by atomic mass is 10.1. The number of unbranched alkanes of at least 4 members (excludes halogenated alkanes) is 1. The summed E-state index contributed by atoms with van der Waals surface area (Å²) in [6, 6.07) is 8.21. The van der Waals surface area contributed by atoms with Crippen LogP contribution in [0.4, 0.5) is 0 Å². The minimum atomic E-state index is -3.82. The lowest BCUT2D eigenvalue weighted by Gasteiger charge is -2.19. The molecule has 1 heterocycles. The van der Waals surface area contributed by atoms with E-state index < -0.39 is 26.9 Å². The largest absolute Gasteiger partial charge is 0.348 e. The fourth-order valence-electron chi connectivity index (χ4n) is 2.75. The quantitative estimate of drug-likeness (QED) is 0.506. The number of carbonyl (C=O) groups excluding carboxylic acids is 2. The Morgan fingerprint density at radius 1 is 1.07 bits per heavy atom. The van der Waals surface area contributed by atoms with Crippen molar-refractivity contribution in [1.82, 2.24) is 15.6 Å². The molecule has 0 unspecified atom stereocenters. The number of benzene rings is 1. The average Bonchev–Trinajstić information content (AvgIpc) is 2.70. The Hall–Kier alpha value is -2.74. The van der Waals surface area contributed by atoms with Gasteiger partial charge in [-0.2, -0.15) is 0 Å². The van der Waals surface area contributed by atoms with Crippen molar-refractivity contribution in [2.75, 3.05) is 13.1 Å². The number of rotatable bonds is 8. The van der Waals surface area contributed by atoms with Crippen molar-refractivity contribution >= 4 is 21.7 Å². The third-order valence-corrected chi connectivity index (χ3v) is 6.81. The van der Waals surface area contributed by atoms with Gasteiger partial charge in [0.15, 0.2) is 9.84 Å². The molecule has 156 valence electrons. The molecule has 0 saturated carbocycles. The summed E-state index contributed by atoms with van der Waals surface area (Å²) in [5, 5.41) is 3.91. The maximum absolute atomic E-state index is 13.3. The number of nitrogens with one attached hydrogen (secondary N) is 2. The van der Waals surface area contributed by atoms with E-state index in [9.17, 15) is 18.0 Å². The molecule has 2 rings (SSSR count). The monoisotopic (exact) mass is 417 g/mol. The number of amides is 2. The number of pyridine rings is 1. The molecule has 0 aliphatic carbocycles. The maximum atomic E-state index is 13.3. The molecule has 0 fully saturated rings. The van der Waals surface area contributed by atoms with Crippen LogP contribution in [-0.2, 0) is 19.4 Å². The molecule has 2 N–H and O–H groups in total. The fourth-order valence-corrected chi connectivity index (χ4v) is 4.48. The number of carbonyl (C=O) groups is 2. The summed E-state index contributed by atoms with van der Waals surface area (Å²) in [7, 11) is -3.82. The summed E-state index contributed by atoms with van der Waals surface area (Å²) in [4.78, 5) is 28.1. The van der Waals surface area contributed by atoms with Crippen LogP contribution in [0.2, 0.25) is 0 Å². The summed E-state index contributed by atoms with van der Waals surface area (Å²) < 4.78 is 26.6. The predicted octanol–water partition coefficient (Wildman–Crippen LogP) is 2.25. The zero-order valence-corrected chi connectivity index (χ0v) is 17.8. The molecule has 0 bridgehead atoms. The number of sulfone groups is 1. The first-order valence-electron chi connectivity index (χ1n) is 9.54. The Kier molecular flexibility index (Phi) is 7.90. The number of hydrogen-bond donors (Lipinski definition) is 2. The van der Waals surface area contributed by atoms with Gasteiger partial charge in [-0.1, -0.05) is 25.5 Å². The van der Waals surface area contributed by atoms with Gasteiger partial charge < -0.3 is 10.6 Å². The van der Waals surface area contributed by atoms with Gasteiger partial charge in [-0.05, 0) is 55.2 Å². The number of hydrogen-bond acceptors (Lipinski definition) is 5. The third kappa shape index (κ3) is 5.87. The highest BCUT2D eigenvalue weighted by Gasteiger charge is 2.30. The van der Waals surface area contributed by atoms with Gasteiger partial charge in [-0.3, -0.25) is 14.6 Å². The molecule has 1 aromatic carbocycles. The summed E-state index contributed by atoms with van der Waals surface area (Å²) >= 11 is 0. The highest BCUT2D eigenvalue weighted by atomic mass is 32.2. The smallest absolute Gasteiger partial charge is 0.309 e. The normalized spacial score (nSPS) is 12.2. The Balaban J connectivity index is 2.25. The Morgan fingerprint density at radius 2 is 1.79 bits per heavy atom. The van der Waals surface area contributed by atoms with Crippen LogP contribution in [0, 0.1) is 13.8 Å². The van der Waals surface area contributed by atoms with Crippen LogP contribution in [0.1, 0.15) is 41.7 Å².